The van der Waals surface area contributed by atoms with Gasteiger partial charge in [-0.1, -0.05) is 41.1 Å². The normalized spacial score (nSPS) is 15.8. The molecule has 144 valence electrons. The largest absolute Gasteiger partial charge is 0.493 e. The van der Waals surface area contributed by atoms with Crippen LogP contribution < -0.4 is 15.0 Å². The van der Waals surface area contributed by atoms with E-state index in [0.29, 0.717) is 23.6 Å². The Balaban J connectivity index is 2.02. The highest BCUT2D eigenvalue weighted by molar-refractivity contribution is 9.10. The van der Waals surface area contributed by atoms with Crippen molar-refractivity contribution in [3.8, 4) is 5.75 Å². The van der Waals surface area contributed by atoms with Gasteiger partial charge in [0.2, 0.25) is 0 Å². The average molecular weight is 443 g/mol. The first-order valence-corrected chi connectivity index (χ1v) is 9.61. The average Bonchev–Trinajstić information content (AvgIpc) is 2.65. The number of imide groups is 2. The van der Waals surface area contributed by atoms with Crippen LogP contribution in [0.2, 0.25) is 0 Å². The zero-order valence-corrected chi connectivity index (χ0v) is 17.1. The molecule has 6 nitrogen and oxygen atoms in total. The fourth-order valence-corrected chi connectivity index (χ4v) is 3.32. The number of ether oxygens (including phenoxy) is 1. The number of hydrogen-bond donors (Lipinski definition) is 1. The van der Waals surface area contributed by atoms with Crippen LogP contribution in [-0.2, 0) is 9.59 Å². The van der Waals surface area contributed by atoms with Gasteiger partial charge in [-0.3, -0.25) is 14.9 Å². The second-order valence-corrected chi connectivity index (χ2v) is 7.19. The maximum absolute atomic E-state index is 13.0. The van der Waals surface area contributed by atoms with Crippen LogP contribution in [0.1, 0.15) is 24.5 Å². The Morgan fingerprint density at radius 3 is 2.61 bits per heavy atom. The van der Waals surface area contributed by atoms with E-state index in [1.165, 1.54) is 6.08 Å². The minimum Gasteiger partial charge on any atom is -0.493 e. The maximum atomic E-state index is 13.0. The molecule has 0 saturated carbocycles. The van der Waals surface area contributed by atoms with Gasteiger partial charge in [0.1, 0.15) is 11.3 Å². The lowest BCUT2D eigenvalue weighted by molar-refractivity contribution is -0.122. The molecule has 1 fully saturated rings. The van der Waals surface area contributed by atoms with E-state index in [2.05, 4.69) is 21.2 Å². The van der Waals surface area contributed by atoms with Crippen LogP contribution in [0.3, 0.4) is 0 Å². The molecular formula is C21H19BrN2O4. The molecule has 0 bridgehead atoms. The summed E-state index contributed by atoms with van der Waals surface area (Å²) in [6.07, 6.45) is 2.28. The number of aryl methyl sites for hydroxylation is 1. The fraction of sp³-hybridized carbons (Fsp3) is 0.190. The lowest BCUT2D eigenvalue weighted by Gasteiger charge is -2.27. The Labute approximate surface area is 171 Å². The summed E-state index contributed by atoms with van der Waals surface area (Å²) in [5.41, 5.74) is 1.60. The zero-order valence-electron chi connectivity index (χ0n) is 15.5. The van der Waals surface area contributed by atoms with Crippen molar-refractivity contribution < 1.29 is 19.1 Å². The number of nitrogens with zero attached hydrogens (tertiary/aromatic N) is 1. The smallest absolute Gasteiger partial charge is 0.335 e. The van der Waals surface area contributed by atoms with Gasteiger partial charge < -0.3 is 4.74 Å². The van der Waals surface area contributed by atoms with E-state index in [9.17, 15) is 14.4 Å². The number of carbonyl (C=O) groups excluding carboxylic acids is 3. The van der Waals surface area contributed by atoms with Gasteiger partial charge in [-0.15, -0.1) is 0 Å². The number of hydrogen-bond acceptors (Lipinski definition) is 4. The number of benzene rings is 2. The molecule has 3 rings (SSSR count). The number of urea groups is 1. The lowest BCUT2D eigenvalue weighted by Crippen LogP contribution is -2.54. The molecule has 0 aliphatic carbocycles. The van der Waals surface area contributed by atoms with Crippen molar-refractivity contribution in [1.29, 1.82) is 0 Å². The van der Waals surface area contributed by atoms with Crippen molar-refractivity contribution >= 4 is 45.5 Å². The standard InChI is InChI=1S/C21H19BrN2O4/c1-3-10-28-18-7-5-4-6-14(18)12-16-19(25)23-21(27)24(20(16)26)17-9-8-15(22)11-13(17)2/h4-9,11-12H,3,10H2,1-2H3,(H,23,25,27). The number of para-hydroxylation sites is 1. The Morgan fingerprint density at radius 2 is 1.89 bits per heavy atom. The van der Waals surface area contributed by atoms with Gasteiger partial charge in [-0.2, -0.15) is 0 Å². The fourth-order valence-electron chi connectivity index (χ4n) is 2.84. The Morgan fingerprint density at radius 1 is 1.14 bits per heavy atom. The molecule has 28 heavy (non-hydrogen) atoms. The summed E-state index contributed by atoms with van der Waals surface area (Å²) in [6, 6.07) is 11.5. The number of nitrogens with one attached hydrogen (secondary N) is 1. The first kappa shape index (κ1) is 19.8. The van der Waals surface area contributed by atoms with Crippen molar-refractivity contribution in [1.82, 2.24) is 5.32 Å². The molecule has 2 aromatic carbocycles. The molecule has 0 atom stereocenters. The van der Waals surface area contributed by atoms with Gasteiger partial charge in [0, 0.05) is 10.0 Å². The first-order valence-electron chi connectivity index (χ1n) is 8.81. The number of anilines is 1. The zero-order chi connectivity index (χ0) is 20.3. The van der Waals surface area contributed by atoms with E-state index < -0.39 is 17.8 Å². The highest BCUT2D eigenvalue weighted by atomic mass is 79.9. The van der Waals surface area contributed by atoms with Crippen LogP contribution in [0, 0.1) is 6.92 Å². The number of rotatable bonds is 5. The molecule has 1 N–H and O–H groups in total. The third-order valence-electron chi connectivity index (χ3n) is 4.18. The van der Waals surface area contributed by atoms with Crippen LogP contribution in [0.5, 0.6) is 5.75 Å². The molecule has 0 radical (unpaired) electrons. The summed E-state index contributed by atoms with van der Waals surface area (Å²) in [6.45, 7) is 4.29. The molecule has 0 spiro atoms. The van der Waals surface area contributed by atoms with Crippen molar-refractivity contribution in [2.75, 3.05) is 11.5 Å². The molecule has 1 aliphatic heterocycles. The van der Waals surface area contributed by atoms with Crippen LogP contribution in [0.15, 0.2) is 52.5 Å². The molecule has 7 heteroatoms. The Kier molecular flexibility index (Phi) is 5.94. The third-order valence-corrected chi connectivity index (χ3v) is 4.68. The quantitative estimate of drug-likeness (QED) is 0.555. The minimum atomic E-state index is -0.770. The maximum Gasteiger partial charge on any atom is 0.335 e. The molecule has 1 heterocycles. The molecular weight excluding hydrogens is 424 g/mol. The summed E-state index contributed by atoms with van der Waals surface area (Å²) < 4.78 is 6.52. The molecule has 2 aromatic rings. The van der Waals surface area contributed by atoms with E-state index in [1.807, 2.05) is 13.0 Å². The van der Waals surface area contributed by atoms with Gasteiger partial charge in [0.05, 0.1) is 12.3 Å². The lowest BCUT2D eigenvalue weighted by atomic mass is 10.1. The summed E-state index contributed by atoms with van der Waals surface area (Å²) in [4.78, 5) is 38.7. The summed E-state index contributed by atoms with van der Waals surface area (Å²) in [5.74, 6) is -0.837. The van der Waals surface area contributed by atoms with Crippen molar-refractivity contribution in [2.24, 2.45) is 0 Å². The first-order chi connectivity index (χ1) is 13.4. The second-order valence-electron chi connectivity index (χ2n) is 6.27. The van der Waals surface area contributed by atoms with Crippen molar-refractivity contribution in [2.45, 2.75) is 20.3 Å². The highest BCUT2D eigenvalue weighted by Crippen LogP contribution is 2.28. The van der Waals surface area contributed by atoms with E-state index in [-0.39, 0.29) is 5.57 Å². The van der Waals surface area contributed by atoms with E-state index in [1.54, 1.807) is 43.3 Å². The van der Waals surface area contributed by atoms with Crippen molar-refractivity contribution in [3.05, 3.63) is 63.6 Å². The van der Waals surface area contributed by atoms with Gasteiger partial charge in [-0.05, 0) is 49.2 Å². The number of barbiturate groups is 1. The SMILES string of the molecule is CCCOc1ccccc1C=C1C(=O)NC(=O)N(c2ccc(Br)cc2C)C1=O. The summed E-state index contributed by atoms with van der Waals surface area (Å²) in [5, 5.41) is 2.24. The van der Waals surface area contributed by atoms with E-state index in [4.69, 9.17) is 4.74 Å². The summed E-state index contributed by atoms with van der Waals surface area (Å²) in [7, 11) is 0. The molecule has 4 amide bonds. The van der Waals surface area contributed by atoms with E-state index >= 15 is 0 Å². The van der Waals surface area contributed by atoms with Crippen LogP contribution in [0.4, 0.5) is 10.5 Å². The number of carbonyl (C=O) groups is 3. The van der Waals surface area contributed by atoms with Gasteiger partial charge in [0.15, 0.2) is 0 Å². The van der Waals surface area contributed by atoms with Crippen LogP contribution >= 0.6 is 15.9 Å². The molecule has 0 unspecified atom stereocenters. The predicted molar refractivity (Wildman–Crippen MR) is 110 cm³/mol. The van der Waals surface area contributed by atoms with E-state index in [0.717, 1.165) is 21.4 Å². The topological polar surface area (TPSA) is 75.7 Å². The van der Waals surface area contributed by atoms with Crippen LogP contribution in [-0.4, -0.2) is 24.5 Å². The molecule has 0 aromatic heterocycles. The third kappa shape index (κ3) is 3.99. The van der Waals surface area contributed by atoms with Crippen LogP contribution in [0.25, 0.3) is 6.08 Å². The Hall–Kier alpha value is -2.93. The molecule has 1 saturated heterocycles. The molecule has 1 aliphatic rings. The second kappa shape index (κ2) is 8.39. The van der Waals surface area contributed by atoms with Gasteiger partial charge >= 0.3 is 6.03 Å². The number of halogens is 1. The highest BCUT2D eigenvalue weighted by Gasteiger charge is 2.37. The predicted octanol–water partition coefficient (Wildman–Crippen LogP) is 4.21. The monoisotopic (exact) mass is 442 g/mol. The van der Waals surface area contributed by atoms with Gasteiger partial charge in [0.25, 0.3) is 11.8 Å². The van der Waals surface area contributed by atoms with Gasteiger partial charge in [-0.25, -0.2) is 9.69 Å². The summed E-state index contributed by atoms with van der Waals surface area (Å²) >= 11 is 3.36. The minimum absolute atomic E-state index is 0.130. The van der Waals surface area contributed by atoms with Crippen molar-refractivity contribution in [3.63, 3.8) is 0 Å². The Bertz CT molecular complexity index is 984. The number of amides is 4.